The lowest BCUT2D eigenvalue weighted by atomic mass is 10.1. The van der Waals surface area contributed by atoms with Gasteiger partial charge in [0, 0.05) is 22.8 Å². The van der Waals surface area contributed by atoms with E-state index in [1.807, 2.05) is 29.8 Å². The largest absolute Gasteiger partial charge is 0.324 e. The first kappa shape index (κ1) is 12.3. The Labute approximate surface area is 118 Å². The molecule has 0 saturated heterocycles. The summed E-state index contributed by atoms with van der Waals surface area (Å²) in [7, 11) is 1.87. The summed E-state index contributed by atoms with van der Waals surface area (Å²) < 4.78 is 2.77. The van der Waals surface area contributed by atoms with Gasteiger partial charge in [0.2, 0.25) is 5.91 Å². The van der Waals surface area contributed by atoms with E-state index < -0.39 is 0 Å². The zero-order valence-electron chi connectivity index (χ0n) is 10.2. The van der Waals surface area contributed by atoms with Gasteiger partial charge >= 0.3 is 0 Å². The monoisotopic (exact) mass is 321 g/mol. The molecule has 6 nitrogen and oxygen atoms in total. The predicted octanol–water partition coefficient (Wildman–Crippen LogP) is 1.36. The van der Waals surface area contributed by atoms with Crippen molar-refractivity contribution in [2.75, 3.05) is 5.32 Å². The number of nitrogens with one attached hydrogen (secondary N) is 2. The lowest BCUT2D eigenvalue weighted by Crippen LogP contribution is -2.28. The lowest BCUT2D eigenvalue weighted by molar-refractivity contribution is -0.117. The number of amides is 1. The molecular weight excluding hydrogens is 310 g/mol. The van der Waals surface area contributed by atoms with Crippen molar-refractivity contribution >= 4 is 27.5 Å². The number of rotatable bonds is 3. The van der Waals surface area contributed by atoms with Gasteiger partial charge in [-0.1, -0.05) is 22.0 Å². The van der Waals surface area contributed by atoms with Gasteiger partial charge in [0.05, 0.1) is 6.54 Å². The molecule has 2 heterocycles. The van der Waals surface area contributed by atoms with Crippen LogP contribution >= 0.6 is 15.9 Å². The fourth-order valence-electron chi connectivity index (χ4n) is 2.10. The quantitative estimate of drug-likeness (QED) is 0.895. The molecule has 98 valence electrons. The molecule has 0 fully saturated rings. The minimum absolute atomic E-state index is 0.0460. The van der Waals surface area contributed by atoms with Gasteiger partial charge in [-0.15, -0.1) is 10.2 Å². The molecule has 0 bridgehead atoms. The zero-order valence-corrected chi connectivity index (χ0v) is 11.8. The fraction of sp³-hybridized carbons (Fsp3) is 0.250. The number of hydrogen-bond donors (Lipinski definition) is 2. The van der Waals surface area contributed by atoms with Gasteiger partial charge in [0.15, 0.2) is 0 Å². The third-order valence-corrected chi connectivity index (χ3v) is 3.61. The summed E-state index contributed by atoms with van der Waals surface area (Å²) >= 11 is 3.39. The molecule has 0 spiro atoms. The van der Waals surface area contributed by atoms with Gasteiger partial charge < -0.3 is 9.88 Å². The third-order valence-electron chi connectivity index (χ3n) is 3.12. The molecule has 1 aromatic carbocycles. The molecule has 1 aromatic heterocycles. The van der Waals surface area contributed by atoms with Crippen molar-refractivity contribution in [2.24, 2.45) is 7.05 Å². The third kappa shape index (κ3) is 2.26. The van der Waals surface area contributed by atoms with Crippen LogP contribution in [-0.2, 0) is 18.4 Å². The van der Waals surface area contributed by atoms with Gasteiger partial charge in [-0.3, -0.25) is 10.1 Å². The van der Waals surface area contributed by atoms with Crippen LogP contribution in [-0.4, -0.2) is 20.7 Å². The van der Waals surface area contributed by atoms with Crippen molar-refractivity contribution in [1.82, 2.24) is 20.1 Å². The maximum absolute atomic E-state index is 12.0. The molecule has 0 aliphatic carbocycles. The second kappa shape index (κ2) is 4.75. The Hall–Kier alpha value is -1.73. The Morgan fingerprint density at radius 3 is 3.11 bits per heavy atom. The SMILES string of the molecule is Cn1cnnc1CNC1C(=O)Nc2cc(Br)ccc21. The van der Waals surface area contributed by atoms with Crippen LogP contribution in [0.15, 0.2) is 29.0 Å². The summed E-state index contributed by atoms with van der Waals surface area (Å²) in [4.78, 5) is 12.0. The lowest BCUT2D eigenvalue weighted by Gasteiger charge is -2.10. The van der Waals surface area contributed by atoms with Gasteiger partial charge in [-0.2, -0.15) is 0 Å². The number of halogens is 1. The summed E-state index contributed by atoms with van der Waals surface area (Å²) in [5.74, 6) is 0.744. The van der Waals surface area contributed by atoms with E-state index in [0.29, 0.717) is 6.54 Å². The Bertz CT molecular complexity index is 639. The van der Waals surface area contributed by atoms with E-state index in [-0.39, 0.29) is 11.9 Å². The Morgan fingerprint density at radius 2 is 2.37 bits per heavy atom. The minimum atomic E-state index is -0.347. The van der Waals surface area contributed by atoms with Crippen LogP contribution in [0.4, 0.5) is 5.69 Å². The van der Waals surface area contributed by atoms with Crippen LogP contribution < -0.4 is 10.6 Å². The first-order chi connectivity index (χ1) is 9.15. The van der Waals surface area contributed by atoms with E-state index >= 15 is 0 Å². The van der Waals surface area contributed by atoms with Crippen LogP contribution in [0.3, 0.4) is 0 Å². The molecule has 1 unspecified atom stereocenters. The fourth-order valence-corrected chi connectivity index (χ4v) is 2.46. The summed E-state index contributed by atoms with van der Waals surface area (Å²) in [5.41, 5.74) is 1.80. The maximum Gasteiger partial charge on any atom is 0.246 e. The van der Waals surface area contributed by atoms with Crippen molar-refractivity contribution in [3.8, 4) is 0 Å². The van der Waals surface area contributed by atoms with Crippen LogP contribution in [0.25, 0.3) is 0 Å². The number of anilines is 1. The standard InChI is InChI=1S/C12H12BrN5O/c1-18-6-15-17-10(18)5-14-11-8-3-2-7(13)4-9(8)16-12(11)19/h2-4,6,11,14H,5H2,1H3,(H,16,19). The first-order valence-electron chi connectivity index (χ1n) is 5.82. The van der Waals surface area contributed by atoms with E-state index in [1.165, 1.54) is 0 Å². The highest BCUT2D eigenvalue weighted by Crippen LogP contribution is 2.32. The van der Waals surface area contributed by atoms with Crippen molar-refractivity contribution in [2.45, 2.75) is 12.6 Å². The number of fused-ring (bicyclic) bond motifs is 1. The minimum Gasteiger partial charge on any atom is -0.324 e. The zero-order chi connectivity index (χ0) is 13.4. The normalized spacial score (nSPS) is 17.4. The van der Waals surface area contributed by atoms with Gasteiger partial charge in [-0.25, -0.2) is 0 Å². The molecule has 2 N–H and O–H groups in total. The smallest absolute Gasteiger partial charge is 0.246 e. The van der Waals surface area contributed by atoms with Crippen LogP contribution in [0.5, 0.6) is 0 Å². The van der Waals surface area contributed by atoms with Crippen LogP contribution in [0, 0.1) is 0 Å². The second-order valence-corrected chi connectivity index (χ2v) is 5.31. The molecule has 1 aliphatic rings. The van der Waals surface area contributed by atoms with Crippen molar-refractivity contribution in [3.05, 3.63) is 40.4 Å². The van der Waals surface area contributed by atoms with Gasteiger partial charge in [0.25, 0.3) is 0 Å². The van der Waals surface area contributed by atoms with Crippen molar-refractivity contribution < 1.29 is 4.79 Å². The highest BCUT2D eigenvalue weighted by Gasteiger charge is 2.30. The van der Waals surface area contributed by atoms with Crippen LogP contribution in [0.1, 0.15) is 17.4 Å². The Kier molecular flexibility index (Phi) is 3.08. The number of carbonyl (C=O) groups is 1. The Balaban J connectivity index is 1.79. The molecule has 1 atom stereocenters. The number of hydrogen-bond acceptors (Lipinski definition) is 4. The first-order valence-corrected chi connectivity index (χ1v) is 6.61. The van der Waals surface area contributed by atoms with Crippen molar-refractivity contribution in [1.29, 1.82) is 0 Å². The maximum atomic E-state index is 12.0. The summed E-state index contributed by atoms with van der Waals surface area (Å²) in [6, 6.07) is 5.42. The number of benzene rings is 1. The van der Waals surface area contributed by atoms with Gasteiger partial charge in [0.1, 0.15) is 18.2 Å². The van der Waals surface area contributed by atoms with E-state index in [2.05, 4.69) is 36.8 Å². The highest BCUT2D eigenvalue weighted by atomic mass is 79.9. The van der Waals surface area contributed by atoms with E-state index in [1.54, 1.807) is 6.33 Å². The second-order valence-electron chi connectivity index (χ2n) is 4.39. The van der Waals surface area contributed by atoms with Crippen LogP contribution in [0.2, 0.25) is 0 Å². The average molecular weight is 322 g/mol. The summed E-state index contributed by atoms with van der Waals surface area (Å²) in [5, 5.41) is 13.8. The van der Waals surface area contributed by atoms with Gasteiger partial charge in [-0.05, 0) is 12.1 Å². The molecule has 7 heteroatoms. The molecule has 2 aromatic rings. The Morgan fingerprint density at radius 1 is 1.53 bits per heavy atom. The average Bonchev–Trinajstić information content (AvgIpc) is 2.90. The molecule has 0 radical (unpaired) electrons. The summed E-state index contributed by atoms with van der Waals surface area (Å²) in [6.07, 6.45) is 1.64. The molecule has 3 rings (SSSR count). The molecule has 19 heavy (non-hydrogen) atoms. The van der Waals surface area contributed by atoms with E-state index in [0.717, 1.165) is 21.5 Å². The highest BCUT2D eigenvalue weighted by molar-refractivity contribution is 9.10. The number of nitrogens with zero attached hydrogens (tertiary/aromatic N) is 3. The number of aryl methyl sites for hydroxylation is 1. The molecule has 0 saturated carbocycles. The number of aromatic nitrogens is 3. The van der Waals surface area contributed by atoms with E-state index in [9.17, 15) is 4.79 Å². The van der Waals surface area contributed by atoms with E-state index in [4.69, 9.17) is 0 Å². The molecule has 1 amide bonds. The molecule has 1 aliphatic heterocycles. The van der Waals surface area contributed by atoms with Crippen molar-refractivity contribution in [3.63, 3.8) is 0 Å². The number of carbonyl (C=O) groups excluding carboxylic acids is 1. The summed E-state index contributed by atoms with van der Waals surface area (Å²) in [6.45, 7) is 0.490. The topological polar surface area (TPSA) is 71.8 Å². The predicted molar refractivity (Wildman–Crippen MR) is 73.4 cm³/mol. The molecular formula is C12H12BrN5O.